The molecule has 0 aromatic rings. The number of amides is 3. The van der Waals surface area contributed by atoms with E-state index >= 15 is 0 Å². The minimum atomic E-state index is -0.747. The van der Waals surface area contributed by atoms with E-state index in [1.807, 2.05) is 6.92 Å². The average Bonchev–Trinajstić information content (AvgIpc) is 3.57. The highest BCUT2D eigenvalue weighted by Gasteiger charge is 2.22. The fourth-order valence-corrected chi connectivity index (χ4v) is 3.92. The van der Waals surface area contributed by atoms with Crippen LogP contribution in [0.3, 0.4) is 0 Å². The molecule has 3 fully saturated rings. The van der Waals surface area contributed by atoms with Crippen LogP contribution in [-0.4, -0.2) is 110 Å². The van der Waals surface area contributed by atoms with Crippen LogP contribution >= 0.6 is 0 Å². The number of hydrogen-bond donors (Lipinski definition) is 0. The lowest BCUT2D eigenvalue weighted by molar-refractivity contribution is -0.129. The Morgan fingerprint density at radius 2 is 0.944 bits per heavy atom. The Bertz CT molecular complexity index is 712. The van der Waals surface area contributed by atoms with Crippen molar-refractivity contribution in [3.05, 3.63) is 0 Å². The molecule has 12 heteroatoms. The van der Waals surface area contributed by atoms with Crippen LogP contribution in [0.1, 0.15) is 58.3 Å². The number of nitrogens with zero attached hydrogens (tertiary/aromatic N) is 3. The number of carbonyl (C=O) groups is 5. The van der Waals surface area contributed by atoms with Gasteiger partial charge in [0.2, 0.25) is 17.7 Å². The molecule has 12 nitrogen and oxygen atoms in total. The first-order valence-electron chi connectivity index (χ1n) is 12.8. The van der Waals surface area contributed by atoms with Gasteiger partial charge in [-0.25, -0.2) is 9.59 Å². The van der Waals surface area contributed by atoms with E-state index in [2.05, 4.69) is 0 Å². The van der Waals surface area contributed by atoms with E-state index in [1.54, 1.807) is 14.7 Å². The molecule has 0 aromatic carbocycles. The molecule has 0 bridgehead atoms. The van der Waals surface area contributed by atoms with Crippen molar-refractivity contribution in [3.8, 4) is 0 Å². The van der Waals surface area contributed by atoms with Gasteiger partial charge in [-0.1, -0.05) is 13.3 Å². The van der Waals surface area contributed by atoms with Crippen LogP contribution in [-0.2, 0) is 33.3 Å². The Labute approximate surface area is 212 Å². The van der Waals surface area contributed by atoms with Crippen molar-refractivity contribution < 1.29 is 42.9 Å². The summed E-state index contributed by atoms with van der Waals surface area (Å²) in [4.78, 5) is 61.2. The van der Waals surface area contributed by atoms with Crippen LogP contribution in [0.25, 0.3) is 0 Å². The van der Waals surface area contributed by atoms with E-state index in [0.29, 0.717) is 45.5 Å². The number of carbonyl (C=O) groups excluding carboxylic acids is 5. The SMILES string of the molecule is CCCCOC(=O)OCCN1CCCC1=O.O=C(OCCN1CCCC1=O)OCCN1CCCC1=O. The van der Waals surface area contributed by atoms with Gasteiger partial charge in [-0.3, -0.25) is 14.4 Å². The third-order valence-corrected chi connectivity index (χ3v) is 5.98. The van der Waals surface area contributed by atoms with Gasteiger partial charge in [0, 0.05) is 38.9 Å². The van der Waals surface area contributed by atoms with Crippen LogP contribution in [0.15, 0.2) is 0 Å². The third-order valence-electron chi connectivity index (χ3n) is 5.98. The summed E-state index contributed by atoms with van der Waals surface area (Å²) in [6, 6.07) is 0. The van der Waals surface area contributed by atoms with Gasteiger partial charge in [-0.2, -0.15) is 0 Å². The van der Waals surface area contributed by atoms with Crippen LogP contribution in [0.2, 0.25) is 0 Å². The molecule has 0 aromatic heterocycles. The summed E-state index contributed by atoms with van der Waals surface area (Å²) in [7, 11) is 0. The van der Waals surface area contributed by atoms with E-state index in [4.69, 9.17) is 18.9 Å². The van der Waals surface area contributed by atoms with Gasteiger partial charge in [0.05, 0.1) is 26.2 Å². The number of rotatable bonds is 12. The highest BCUT2D eigenvalue weighted by atomic mass is 16.7. The summed E-state index contributed by atoms with van der Waals surface area (Å²) in [6.07, 6.45) is 4.85. The zero-order valence-corrected chi connectivity index (χ0v) is 21.2. The monoisotopic (exact) mass is 513 g/mol. The van der Waals surface area contributed by atoms with Gasteiger partial charge in [0.1, 0.15) is 19.8 Å². The van der Waals surface area contributed by atoms with Gasteiger partial charge >= 0.3 is 12.3 Å². The standard InChI is InChI=1S/C13H20N2O5.C11H19NO4/c16-11-3-1-5-14(11)7-9-19-13(18)20-10-8-15-6-2-4-12(15)17;1-2-3-8-15-11(14)16-9-7-12-6-4-5-10(12)13/h1-10H2;2-9H2,1H3. The highest BCUT2D eigenvalue weighted by Crippen LogP contribution is 2.10. The van der Waals surface area contributed by atoms with E-state index in [1.165, 1.54) is 0 Å². The lowest BCUT2D eigenvalue weighted by atomic mass is 10.4. The maximum Gasteiger partial charge on any atom is 0.508 e. The summed E-state index contributed by atoms with van der Waals surface area (Å²) in [5, 5.41) is 0. The molecule has 3 saturated heterocycles. The number of hydrogen-bond acceptors (Lipinski definition) is 9. The summed E-state index contributed by atoms with van der Waals surface area (Å²) < 4.78 is 19.4. The zero-order valence-electron chi connectivity index (χ0n) is 21.2. The lowest BCUT2D eigenvalue weighted by Crippen LogP contribution is -2.31. The van der Waals surface area contributed by atoms with E-state index in [0.717, 1.165) is 51.7 Å². The van der Waals surface area contributed by atoms with Gasteiger partial charge in [0.15, 0.2) is 0 Å². The van der Waals surface area contributed by atoms with Crippen molar-refractivity contribution >= 4 is 30.0 Å². The number of unbranched alkanes of at least 4 members (excludes halogenated alkanes) is 1. The second-order valence-corrected chi connectivity index (χ2v) is 8.70. The maximum atomic E-state index is 11.3. The molecule has 0 aliphatic carbocycles. The molecule has 0 unspecified atom stereocenters. The molecule has 204 valence electrons. The van der Waals surface area contributed by atoms with Crippen molar-refractivity contribution in [2.45, 2.75) is 58.3 Å². The molecular weight excluding hydrogens is 474 g/mol. The molecule has 0 saturated carbocycles. The average molecular weight is 514 g/mol. The van der Waals surface area contributed by atoms with Crippen molar-refractivity contribution in [2.24, 2.45) is 0 Å². The summed E-state index contributed by atoms with van der Waals surface area (Å²) in [5.41, 5.74) is 0. The van der Waals surface area contributed by atoms with Gasteiger partial charge < -0.3 is 33.6 Å². The molecule has 3 aliphatic rings. The second kappa shape index (κ2) is 16.6. The van der Waals surface area contributed by atoms with Crippen molar-refractivity contribution in [3.63, 3.8) is 0 Å². The molecule has 0 atom stereocenters. The number of ether oxygens (including phenoxy) is 4. The number of likely N-dealkylation sites (tertiary alicyclic amines) is 3. The van der Waals surface area contributed by atoms with Gasteiger partial charge in [-0.05, 0) is 25.7 Å². The van der Waals surface area contributed by atoms with Crippen LogP contribution < -0.4 is 0 Å². The third kappa shape index (κ3) is 11.1. The summed E-state index contributed by atoms with van der Waals surface area (Å²) in [6.45, 7) is 6.47. The topological polar surface area (TPSA) is 132 Å². The normalized spacial score (nSPS) is 17.2. The van der Waals surface area contributed by atoms with Crippen LogP contribution in [0.4, 0.5) is 9.59 Å². The van der Waals surface area contributed by atoms with Crippen molar-refractivity contribution in [2.75, 3.05) is 65.7 Å². The Morgan fingerprint density at radius 3 is 1.22 bits per heavy atom. The predicted octanol–water partition coefficient (Wildman–Crippen LogP) is 1.95. The molecule has 3 heterocycles. The Morgan fingerprint density at radius 1 is 0.611 bits per heavy atom. The maximum absolute atomic E-state index is 11.3. The lowest BCUT2D eigenvalue weighted by Gasteiger charge is -2.16. The Hall–Kier alpha value is -3.05. The van der Waals surface area contributed by atoms with Gasteiger partial charge in [0.25, 0.3) is 0 Å². The minimum Gasteiger partial charge on any atom is -0.434 e. The highest BCUT2D eigenvalue weighted by molar-refractivity contribution is 5.78. The van der Waals surface area contributed by atoms with Crippen molar-refractivity contribution in [1.82, 2.24) is 14.7 Å². The Kier molecular flexibility index (Phi) is 13.4. The molecule has 0 radical (unpaired) electrons. The first kappa shape index (κ1) is 29.2. The molecule has 36 heavy (non-hydrogen) atoms. The second-order valence-electron chi connectivity index (χ2n) is 8.70. The smallest absolute Gasteiger partial charge is 0.434 e. The van der Waals surface area contributed by atoms with Crippen LogP contribution in [0, 0.1) is 0 Å². The molecular formula is C24H39N3O9. The molecule has 3 aliphatic heterocycles. The Balaban J connectivity index is 0.000000261. The van der Waals surface area contributed by atoms with E-state index < -0.39 is 12.3 Å². The predicted molar refractivity (Wildman–Crippen MR) is 127 cm³/mol. The fourth-order valence-electron chi connectivity index (χ4n) is 3.92. The van der Waals surface area contributed by atoms with Crippen LogP contribution in [0.5, 0.6) is 0 Å². The van der Waals surface area contributed by atoms with E-state index in [9.17, 15) is 24.0 Å². The zero-order chi connectivity index (χ0) is 26.2. The van der Waals surface area contributed by atoms with Gasteiger partial charge in [-0.15, -0.1) is 0 Å². The summed E-state index contributed by atoms with van der Waals surface area (Å²) >= 11 is 0. The first-order valence-corrected chi connectivity index (χ1v) is 12.8. The minimum absolute atomic E-state index is 0.106. The quantitative estimate of drug-likeness (QED) is 0.284. The molecule has 0 N–H and O–H groups in total. The largest absolute Gasteiger partial charge is 0.508 e. The molecule has 0 spiro atoms. The fraction of sp³-hybridized carbons (Fsp3) is 0.792. The van der Waals surface area contributed by atoms with Crippen molar-refractivity contribution in [1.29, 1.82) is 0 Å². The molecule has 3 rings (SSSR count). The van der Waals surface area contributed by atoms with E-state index in [-0.39, 0.29) is 37.5 Å². The summed E-state index contributed by atoms with van der Waals surface area (Å²) in [5.74, 6) is 0.354. The first-order chi connectivity index (χ1) is 17.4. The molecule has 3 amide bonds.